The van der Waals surface area contributed by atoms with Crippen LogP contribution in [0.15, 0.2) is 0 Å². The van der Waals surface area contributed by atoms with Crippen LogP contribution >= 0.6 is 0 Å². The highest BCUT2D eigenvalue weighted by Gasteiger charge is 2.68. The summed E-state index contributed by atoms with van der Waals surface area (Å²) in [6.45, 7) is 0. The second-order valence-corrected chi connectivity index (χ2v) is 5.30. The first kappa shape index (κ1) is 15.4. The minimum absolute atomic E-state index is 0.149. The normalized spacial score (nSPS) is 30.6. The fourth-order valence-corrected chi connectivity index (χ4v) is 2.94. The maximum absolute atomic E-state index is 12.4. The molecule has 0 radical (unpaired) electrons. The Morgan fingerprint density at radius 3 is 1.90 bits per heavy atom. The van der Waals surface area contributed by atoms with Crippen LogP contribution in [0.3, 0.4) is 0 Å². The van der Waals surface area contributed by atoms with E-state index >= 15 is 0 Å². The summed E-state index contributed by atoms with van der Waals surface area (Å²) < 4.78 is 78.5. The Hall–Kier alpha value is -0.990. The third-order valence-corrected chi connectivity index (χ3v) is 4.02. The largest absolute Gasteiger partial charge is 0.828 e. The lowest BCUT2D eigenvalue weighted by molar-refractivity contribution is -0.574. The summed E-state index contributed by atoms with van der Waals surface area (Å²) in [5, 5.41) is 11.1. The first-order valence-electron chi connectivity index (χ1n) is 6.01. The fourth-order valence-electron chi connectivity index (χ4n) is 2.94. The van der Waals surface area contributed by atoms with E-state index in [1.807, 2.05) is 0 Å². The maximum Gasteiger partial charge on any atom is 0.399 e. The molecule has 2 saturated carbocycles. The van der Waals surface area contributed by atoms with Crippen molar-refractivity contribution in [2.75, 3.05) is 0 Å². The van der Waals surface area contributed by atoms with Crippen LogP contribution < -0.4 is 5.11 Å². The number of hydrogen-bond donors (Lipinski definition) is 0. The number of hydrogen-bond acceptors (Lipinski definition) is 3. The first-order valence-corrected chi connectivity index (χ1v) is 6.01. The van der Waals surface area contributed by atoms with Gasteiger partial charge in [0.15, 0.2) is 5.60 Å². The molecule has 0 N–H and O–H groups in total. The second-order valence-electron chi connectivity index (χ2n) is 5.30. The van der Waals surface area contributed by atoms with E-state index in [9.17, 15) is 36.2 Å². The monoisotopic (exact) mass is 305 g/mol. The molecule has 3 unspecified atom stereocenters. The van der Waals surface area contributed by atoms with Crippen LogP contribution in [-0.4, -0.2) is 30.0 Å². The Bertz CT molecular complexity index is 388. The molecule has 2 fully saturated rings. The van der Waals surface area contributed by atoms with E-state index in [1.54, 1.807) is 0 Å². The molecule has 2 bridgehead atoms. The number of ether oxygens (including phenoxy) is 1. The second kappa shape index (κ2) is 4.51. The number of fused-ring (bicyclic) bond motifs is 2. The summed E-state index contributed by atoms with van der Waals surface area (Å²) in [6.07, 6.45) is -11.4. The lowest BCUT2D eigenvalue weighted by Gasteiger charge is -2.41. The molecule has 0 saturated heterocycles. The lowest BCUT2D eigenvalue weighted by Crippen LogP contribution is -2.72. The quantitative estimate of drug-likeness (QED) is 0.579. The van der Waals surface area contributed by atoms with Gasteiger partial charge in [-0.3, -0.25) is 4.79 Å². The smallest absolute Gasteiger partial charge is 0.399 e. The number of carbonyl (C=O) groups is 1. The van der Waals surface area contributed by atoms with E-state index in [4.69, 9.17) is 0 Å². The van der Waals surface area contributed by atoms with Gasteiger partial charge in [0.2, 0.25) is 0 Å². The van der Waals surface area contributed by atoms with E-state index in [0.29, 0.717) is 12.8 Å². The van der Waals surface area contributed by atoms with Crippen LogP contribution in [0.4, 0.5) is 26.3 Å². The third kappa shape index (κ3) is 2.25. The van der Waals surface area contributed by atoms with E-state index < -0.39 is 30.0 Å². The zero-order valence-electron chi connectivity index (χ0n) is 10.1. The molecule has 2 aliphatic rings. The van der Waals surface area contributed by atoms with Crippen molar-refractivity contribution in [2.24, 2.45) is 11.8 Å². The van der Waals surface area contributed by atoms with E-state index in [-0.39, 0.29) is 18.3 Å². The Morgan fingerprint density at radius 2 is 1.55 bits per heavy atom. The highest BCUT2D eigenvalue weighted by atomic mass is 19.4. The van der Waals surface area contributed by atoms with Gasteiger partial charge in [-0.2, -0.15) is 26.3 Å². The summed E-state index contributed by atoms with van der Waals surface area (Å²) in [6, 6.07) is 0. The maximum atomic E-state index is 12.4. The summed E-state index contributed by atoms with van der Waals surface area (Å²) >= 11 is 0. The number of esters is 1. The highest BCUT2D eigenvalue weighted by Crippen LogP contribution is 2.47. The molecular formula is C11H11F6O3-. The van der Waals surface area contributed by atoms with Crippen molar-refractivity contribution >= 4 is 5.97 Å². The van der Waals surface area contributed by atoms with Crippen molar-refractivity contribution in [3.8, 4) is 0 Å². The number of alkyl halides is 6. The van der Waals surface area contributed by atoms with Crippen LogP contribution in [0, 0.1) is 11.8 Å². The van der Waals surface area contributed by atoms with Crippen molar-refractivity contribution in [3.05, 3.63) is 0 Å². The molecule has 20 heavy (non-hydrogen) atoms. The minimum Gasteiger partial charge on any atom is -0.828 e. The SMILES string of the molecule is O=C(OC1CC2CCC1C2)C([O-])(C(F)(F)F)C(F)(F)F. The number of carbonyl (C=O) groups excluding carboxylic acids is 1. The molecule has 0 spiro atoms. The molecule has 0 aromatic rings. The van der Waals surface area contributed by atoms with E-state index in [1.165, 1.54) is 0 Å². The minimum atomic E-state index is -6.29. The van der Waals surface area contributed by atoms with Gasteiger partial charge >= 0.3 is 18.3 Å². The zero-order chi connectivity index (χ0) is 15.3. The van der Waals surface area contributed by atoms with Crippen molar-refractivity contribution < 1.29 is 41.0 Å². The van der Waals surface area contributed by atoms with Crippen LogP contribution in [0.2, 0.25) is 0 Å². The van der Waals surface area contributed by atoms with Gasteiger partial charge in [-0.05, 0) is 37.5 Å². The van der Waals surface area contributed by atoms with Gasteiger partial charge < -0.3 is 9.84 Å². The summed E-state index contributed by atoms with van der Waals surface area (Å²) in [4.78, 5) is 11.2. The lowest BCUT2D eigenvalue weighted by atomic mass is 9.97. The molecule has 2 aliphatic carbocycles. The molecule has 2 rings (SSSR count). The molecule has 116 valence electrons. The van der Waals surface area contributed by atoms with Gasteiger partial charge in [-0.1, -0.05) is 0 Å². The van der Waals surface area contributed by atoms with Crippen LogP contribution in [0.5, 0.6) is 0 Å². The first-order chi connectivity index (χ1) is 8.97. The molecule has 3 atom stereocenters. The fraction of sp³-hybridized carbons (Fsp3) is 0.909. The van der Waals surface area contributed by atoms with Crippen molar-refractivity contribution in [2.45, 2.75) is 49.7 Å². The van der Waals surface area contributed by atoms with E-state index in [0.717, 1.165) is 6.42 Å². The van der Waals surface area contributed by atoms with Crippen LogP contribution in [0.25, 0.3) is 0 Å². The topological polar surface area (TPSA) is 49.4 Å². The Morgan fingerprint density at radius 1 is 1.00 bits per heavy atom. The van der Waals surface area contributed by atoms with Crippen molar-refractivity contribution in [3.63, 3.8) is 0 Å². The van der Waals surface area contributed by atoms with Gasteiger partial charge in [0.05, 0.1) is 0 Å². The molecular weight excluding hydrogens is 294 g/mol. The van der Waals surface area contributed by atoms with E-state index in [2.05, 4.69) is 4.74 Å². The summed E-state index contributed by atoms with van der Waals surface area (Å²) in [7, 11) is 0. The average molecular weight is 305 g/mol. The molecule has 0 aromatic heterocycles. The number of rotatable bonds is 2. The van der Waals surface area contributed by atoms with Gasteiger partial charge in [-0.15, -0.1) is 0 Å². The number of halogens is 6. The Labute approximate surface area is 109 Å². The van der Waals surface area contributed by atoms with Crippen molar-refractivity contribution in [1.29, 1.82) is 0 Å². The highest BCUT2D eigenvalue weighted by molar-refractivity contribution is 5.81. The standard InChI is InChI=1S/C11H11F6O3/c12-10(13,14)9(19,11(15,16)17)8(18)20-7-4-5-1-2-6(7)3-5/h5-7H,1-4H2/q-1. The van der Waals surface area contributed by atoms with Gasteiger partial charge in [0.1, 0.15) is 6.10 Å². The molecule has 9 heteroatoms. The van der Waals surface area contributed by atoms with Crippen LogP contribution in [0.1, 0.15) is 25.7 Å². The van der Waals surface area contributed by atoms with Gasteiger partial charge in [-0.25, -0.2) is 0 Å². The molecule has 0 amide bonds. The van der Waals surface area contributed by atoms with Crippen LogP contribution in [-0.2, 0) is 9.53 Å². The summed E-state index contributed by atoms with van der Waals surface area (Å²) in [5.41, 5.74) is -5.72. The summed E-state index contributed by atoms with van der Waals surface area (Å²) in [5.74, 6) is -2.89. The molecule has 0 aromatic carbocycles. The Kier molecular flexibility index (Phi) is 3.47. The molecule has 3 nitrogen and oxygen atoms in total. The predicted octanol–water partition coefficient (Wildman–Crippen LogP) is 1.94. The zero-order valence-corrected chi connectivity index (χ0v) is 10.1. The van der Waals surface area contributed by atoms with Gasteiger partial charge in [0.25, 0.3) is 0 Å². The molecule has 0 aliphatic heterocycles. The van der Waals surface area contributed by atoms with Gasteiger partial charge in [0, 0.05) is 0 Å². The third-order valence-electron chi connectivity index (χ3n) is 4.02. The van der Waals surface area contributed by atoms with Crippen molar-refractivity contribution in [1.82, 2.24) is 0 Å². The predicted molar refractivity (Wildman–Crippen MR) is 50.2 cm³/mol. The molecule has 0 heterocycles. The Balaban J connectivity index is 2.16. The average Bonchev–Trinajstić information content (AvgIpc) is 2.86.